The Kier molecular flexibility index (Phi) is 7.04. The van der Waals surface area contributed by atoms with Crippen LogP contribution in [0.15, 0.2) is 29.3 Å². The second-order valence-electron chi connectivity index (χ2n) is 7.10. The molecule has 2 heterocycles. The molecule has 140 valence electrons. The van der Waals surface area contributed by atoms with Crippen molar-refractivity contribution in [1.82, 2.24) is 10.2 Å². The molecule has 7 heteroatoms. The number of ether oxygens (including phenoxy) is 2. The average molecular weight is 463 g/mol. The van der Waals surface area contributed by atoms with E-state index >= 15 is 0 Å². The maximum atomic E-state index is 13.2. The standard InChI is InChI=1S/C18H26FN3O2.HI/c1-13-8-22(17(20-3)21-10-18(2)11-23-12-18)9-16(24-13)14-4-6-15(19)7-5-14;/h4-7,13,16H,8-12H2,1-3H3,(H,20,21);1H. The molecule has 2 saturated heterocycles. The number of nitrogens with one attached hydrogen (secondary N) is 1. The second kappa shape index (κ2) is 8.64. The van der Waals surface area contributed by atoms with E-state index in [0.29, 0.717) is 6.54 Å². The molecule has 0 saturated carbocycles. The van der Waals surface area contributed by atoms with Crippen molar-refractivity contribution in [3.8, 4) is 0 Å². The molecular weight excluding hydrogens is 436 g/mol. The lowest BCUT2D eigenvalue weighted by Crippen LogP contribution is -2.55. The zero-order chi connectivity index (χ0) is 17.2. The summed E-state index contributed by atoms with van der Waals surface area (Å²) in [6, 6.07) is 6.54. The fourth-order valence-electron chi connectivity index (χ4n) is 3.16. The van der Waals surface area contributed by atoms with Gasteiger partial charge in [-0.3, -0.25) is 4.99 Å². The van der Waals surface area contributed by atoms with Gasteiger partial charge in [0.15, 0.2) is 5.96 Å². The summed E-state index contributed by atoms with van der Waals surface area (Å²) >= 11 is 0. The first-order chi connectivity index (χ1) is 11.5. The van der Waals surface area contributed by atoms with E-state index in [2.05, 4.69) is 29.1 Å². The summed E-state index contributed by atoms with van der Waals surface area (Å²) in [6.07, 6.45) is -0.00880. The van der Waals surface area contributed by atoms with Crippen LogP contribution in [0.3, 0.4) is 0 Å². The number of hydrogen-bond donors (Lipinski definition) is 1. The molecule has 0 radical (unpaired) electrons. The molecule has 1 N–H and O–H groups in total. The Morgan fingerprint density at radius 1 is 1.32 bits per heavy atom. The van der Waals surface area contributed by atoms with Crippen LogP contribution in [0.25, 0.3) is 0 Å². The van der Waals surface area contributed by atoms with Gasteiger partial charge in [0, 0.05) is 25.6 Å². The van der Waals surface area contributed by atoms with E-state index in [1.165, 1.54) is 12.1 Å². The second-order valence-corrected chi connectivity index (χ2v) is 7.10. The molecule has 5 nitrogen and oxygen atoms in total. The van der Waals surface area contributed by atoms with Gasteiger partial charge in [-0.05, 0) is 24.6 Å². The van der Waals surface area contributed by atoms with Crippen molar-refractivity contribution >= 4 is 29.9 Å². The lowest BCUT2D eigenvalue weighted by molar-refractivity contribution is -0.0979. The first-order valence-electron chi connectivity index (χ1n) is 8.43. The zero-order valence-corrected chi connectivity index (χ0v) is 17.3. The van der Waals surface area contributed by atoms with Crippen LogP contribution in [0.1, 0.15) is 25.5 Å². The number of rotatable bonds is 3. The molecule has 2 fully saturated rings. The molecule has 2 unspecified atom stereocenters. The molecule has 0 spiro atoms. The SMILES string of the molecule is CN=C(NCC1(C)COC1)N1CC(C)OC(c2ccc(F)cc2)C1.I. The zero-order valence-electron chi connectivity index (χ0n) is 15.0. The van der Waals surface area contributed by atoms with E-state index in [0.717, 1.165) is 37.8 Å². The minimum atomic E-state index is -0.229. The molecule has 0 amide bonds. The highest BCUT2D eigenvalue weighted by atomic mass is 127. The Balaban J connectivity index is 0.00000225. The lowest BCUT2D eigenvalue weighted by atomic mass is 9.89. The number of morpholine rings is 1. The van der Waals surface area contributed by atoms with Crippen molar-refractivity contribution in [2.24, 2.45) is 10.4 Å². The third-order valence-electron chi connectivity index (χ3n) is 4.59. The van der Waals surface area contributed by atoms with E-state index in [9.17, 15) is 4.39 Å². The summed E-state index contributed by atoms with van der Waals surface area (Å²) < 4.78 is 24.5. The summed E-state index contributed by atoms with van der Waals surface area (Å²) in [7, 11) is 1.80. The van der Waals surface area contributed by atoms with Gasteiger partial charge in [-0.15, -0.1) is 24.0 Å². The first-order valence-corrected chi connectivity index (χ1v) is 8.43. The Bertz CT molecular complexity index is 592. The van der Waals surface area contributed by atoms with Gasteiger partial charge in [-0.25, -0.2) is 4.39 Å². The van der Waals surface area contributed by atoms with Crippen molar-refractivity contribution in [1.29, 1.82) is 0 Å². The smallest absolute Gasteiger partial charge is 0.193 e. The normalized spacial score (nSPS) is 25.8. The molecule has 25 heavy (non-hydrogen) atoms. The number of nitrogens with zero attached hydrogens (tertiary/aromatic N) is 2. The van der Waals surface area contributed by atoms with Crippen molar-refractivity contribution in [3.05, 3.63) is 35.6 Å². The first kappa shape index (κ1) is 20.4. The van der Waals surface area contributed by atoms with Gasteiger partial charge in [0.1, 0.15) is 11.9 Å². The van der Waals surface area contributed by atoms with Crippen LogP contribution in [0.5, 0.6) is 0 Å². The van der Waals surface area contributed by atoms with Crippen molar-refractivity contribution in [2.45, 2.75) is 26.1 Å². The highest BCUT2D eigenvalue weighted by molar-refractivity contribution is 14.0. The maximum Gasteiger partial charge on any atom is 0.193 e. The molecular formula is C18H27FIN3O2. The predicted molar refractivity (Wildman–Crippen MR) is 107 cm³/mol. The molecule has 0 aliphatic carbocycles. The number of halogens is 2. The maximum absolute atomic E-state index is 13.2. The van der Waals surface area contributed by atoms with Crippen LogP contribution in [0, 0.1) is 11.2 Å². The summed E-state index contributed by atoms with van der Waals surface area (Å²) in [5.74, 6) is 0.651. The number of guanidine groups is 1. The van der Waals surface area contributed by atoms with E-state index in [1.54, 1.807) is 19.2 Å². The van der Waals surface area contributed by atoms with Gasteiger partial charge >= 0.3 is 0 Å². The Morgan fingerprint density at radius 2 is 2.00 bits per heavy atom. The van der Waals surface area contributed by atoms with Crippen LogP contribution < -0.4 is 5.32 Å². The van der Waals surface area contributed by atoms with Crippen molar-refractivity contribution in [3.63, 3.8) is 0 Å². The summed E-state index contributed by atoms with van der Waals surface area (Å²) in [5, 5.41) is 3.46. The highest BCUT2D eigenvalue weighted by Gasteiger charge is 2.34. The minimum absolute atomic E-state index is 0. The van der Waals surface area contributed by atoms with E-state index < -0.39 is 0 Å². The van der Waals surface area contributed by atoms with E-state index in [-0.39, 0.29) is 47.4 Å². The molecule has 3 rings (SSSR count). The summed E-state index contributed by atoms with van der Waals surface area (Å²) in [4.78, 5) is 6.64. The monoisotopic (exact) mass is 463 g/mol. The van der Waals surface area contributed by atoms with Crippen LogP contribution >= 0.6 is 24.0 Å². The fourth-order valence-corrected chi connectivity index (χ4v) is 3.16. The van der Waals surface area contributed by atoms with Crippen LogP contribution in [-0.2, 0) is 9.47 Å². The van der Waals surface area contributed by atoms with Crippen LogP contribution in [0.4, 0.5) is 4.39 Å². The minimum Gasteiger partial charge on any atom is -0.380 e. The Hall–Kier alpha value is -0.930. The van der Waals surface area contributed by atoms with Crippen molar-refractivity contribution < 1.29 is 13.9 Å². The van der Waals surface area contributed by atoms with E-state index in [1.807, 2.05) is 0 Å². The molecule has 0 bridgehead atoms. The molecule has 1 aromatic rings. The topological polar surface area (TPSA) is 46.1 Å². The molecule has 1 aromatic carbocycles. The van der Waals surface area contributed by atoms with Crippen molar-refractivity contribution in [2.75, 3.05) is 39.9 Å². The van der Waals surface area contributed by atoms with Gasteiger partial charge in [-0.2, -0.15) is 0 Å². The quantitative estimate of drug-likeness (QED) is 0.426. The predicted octanol–water partition coefficient (Wildman–Crippen LogP) is 2.82. The van der Waals surface area contributed by atoms with E-state index in [4.69, 9.17) is 9.47 Å². The van der Waals surface area contributed by atoms with Gasteiger partial charge in [0.25, 0.3) is 0 Å². The fraction of sp³-hybridized carbons (Fsp3) is 0.611. The van der Waals surface area contributed by atoms with Crippen LogP contribution in [0.2, 0.25) is 0 Å². The summed E-state index contributed by atoms with van der Waals surface area (Å²) in [5.41, 5.74) is 1.17. The third-order valence-corrected chi connectivity index (χ3v) is 4.59. The number of aliphatic imine (C=N–C) groups is 1. The molecule has 0 aromatic heterocycles. The number of benzene rings is 1. The molecule has 2 aliphatic rings. The average Bonchev–Trinajstić information content (AvgIpc) is 2.54. The van der Waals surface area contributed by atoms with Crippen LogP contribution in [-0.4, -0.2) is 56.9 Å². The molecule has 2 atom stereocenters. The van der Waals surface area contributed by atoms with Gasteiger partial charge in [-0.1, -0.05) is 19.1 Å². The highest BCUT2D eigenvalue weighted by Crippen LogP contribution is 2.27. The lowest BCUT2D eigenvalue weighted by Gasteiger charge is -2.41. The van der Waals surface area contributed by atoms with Gasteiger partial charge < -0.3 is 19.7 Å². The number of hydrogen-bond acceptors (Lipinski definition) is 3. The Labute approximate surface area is 166 Å². The third kappa shape index (κ3) is 5.04. The van der Waals surface area contributed by atoms with Gasteiger partial charge in [0.05, 0.1) is 25.9 Å². The van der Waals surface area contributed by atoms with Gasteiger partial charge in [0.2, 0.25) is 0 Å². The summed E-state index contributed by atoms with van der Waals surface area (Å²) in [6.45, 7) is 8.15. The molecule has 2 aliphatic heterocycles. The Morgan fingerprint density at radius 3 is 2.56 bits per heavy atom. The largest absolute Gasteiger partial charge is 0.380 e.